The van der Waals surface area contributed by atoms with Gasteiger partial charge in [0.25, 0.3) is 0 Å². The quantitative estimate of drug-likeness (QED) is 0.732. The van der Waals surface area contributed by atoms with E-state index in [-0.39, 0.29) is 0 Å². The molecule has 102 valence electrons. The van der Waals surface area contributed by atoms with Crippen LogP contribution in [0.4, 0.5) is 0 Å². The van der Waals surface area contributed by atoms with Crippen LogP contribution in [0, 0.1) is 5.41 Å². The monoisotopic (exact) mass is 269 g/mol. The molecule has 0 unspecified atom stereocenters. The van der Waals surface area contributed by atoms with E-state index in [2.05, 4.69) is 21.0 Å². The molecule has 2 heterocycles. The lowest BCUT2D eigenvalue weighted by Gasteiger charge is -2.37. The molecular formula is C13H23N3OS. The minimum absolute atomic E-state index is 0.322. The smallest absolute Gasteiger partial charge is 0.0794 e. The van der Waals surface area contributed by atoms with Crippen LogP contribution in [-0.4, -0.2) is 44.9 Å². The van der Waals surface area contributed by atoms with Gasteiger partial charge in [-0.2, -0.15) is 0 Å². The Labute approximate surface area is 113 Å². The summed E-state index contributed by atoms with van der Waals surface area (Å²) in [5, 5.41) is 9.12. The fourth-order valence-corrected chi connectivity index (χ4v) is 3.16. The molecule has 2 rings (SSSR count). The summed E-state index contributed by atoms with van der Waals surface area (Å²) in [5.74, 6) is 0. The molecule has 1 aliphatic rings. The van der Waals surface area contributed by atoms with Crippen LogP contribution < -0.4 is 10.6 Å². The van der Waals surface area contributed by atoms with E-state index in [1.165, 1.54) is 18.5 Å². The highest BCUT2D eigenvalue weighted by atomic mass is 32.1. The van der Waals surface area contributed by atoms with E-state index in [0.717, 1.165) is 39.2 Å². The van der Waals surface area contributed by atoms with Gasteiger partial charge in [-0.1, -0.05) is 0 Å². The van der Waals surface area contributed by atoms with Crippen molar-refractivity contribution in [2.75, 3.05) is 39.9 Å². The standard InChI is InChI=1S/C13H23N3OS/c1-17-10-13(3-6-14-7-4-13)9-15-5-2-12-8-18-11-16-12/h8,11,14-15H,2-7,9-10H2,1H3. The van der Waals surface area contributed by atoms with Crippen LogP contribution in [0.3, 0.4) is 0 Å². The lowest BCUT2D eigenvalue weighted by Crippen LogP contribution is -2.46. The van der Waals surface area contributed by atoms with Crippen molar-refractivity contribution in [1.82, 2.24) is 15.6 Å². The molecular weight excluding hydrogens is 246 g/mol. The van der Waals surface area contributed by atoms with E-state index < -0.39 is 0 Å². The van der Waals surface area contributed by atoms with Gasteiger partial charge in [0.1, 0.15) is 0 Å². The van der Waals surface area contributed by atoms with Crippen molar-refractivity contribution in [3.8, 4) is 0 Å². The second kappa shape index (κ2) is 7.19. The Morgan fingerprint density at radius 2 is 2.33 bits per heavy atom. The lowest BCUT2D eigenvalue weighted by atomic mass is 9.79. The van der Waals surface area contributed by atoms with Gasteiger partial charge in [0.2, 0.25) is 0 Å². The maximum absolute atomic E-state index is 5.41. The number of piperidine rings is 1. The summed E-state index contributed by atoms with van der Waals surface area (Å²) in [6.45, 7) is 5.13. The Morgan fingerprint density at radius 3 is 3.00 bits per heavy atom. The number of nitrogens with zero attached hydrogens (tertiary/aromatic N) is 1. The average molecular weight is 269 g/mol. The molecule has 1 fully saturated rings. The van der Waals surface area contributed by atoms with Gasteiger partial charge in [-0.05, 0) is 25.9 Å². The lowest BCUT2D eigenvalue weighted by molar-refractivity contribution is 0.0539. The van der Waals surface area contributed by atoms with Gasteiger partial charge in [-0.15, -0.1) is 11.3 Å². The number of hydrogen-bond acceptors (Lipinski definition) is 5. The normalized spacial score (nSPS) is 18.9. The summed E-state index contributed by atoms with van der Waals surface area (Å²) in [4.78, 5) is 4.30. The first kappa shape index (κ1) is 13.9. The molecule has 0 aromatic carbocycles. The molecule has 4 nitrogen and oxygen atoms in total. The van der Waals surface area contributed by atoms with Crippen LogP contribution in [0.15, 0.2) is 10.9 Å². The van der Waals surface area contributed by atoms with Crippen LogP contribution >= 0.6 is 11.3 Å². The van der Waals surface area contributed by atoms with Crippen LogP contribution in [0.2, 0.25) is 0 Å². The second-order valence-corrected chi connectivity index (χ2v) is 5.81. The second-order valence-electron chi connectivity index (χ2n) is 5.09. The number of thiazole rings is 1. The number of rotatable bonds is 7. The van der Waals surface area contributed by atoms with E-state index in [1.807, 2.05) is 5.51 Å². The van der Waals surface area contributed by atoms with Crippen LogP contribution in [-0.2, 0) is 11.2 Å². The van der Waals surface area contributed by atoms with Gasteiger partial charge in [-0.3, -0.25) is 0 Å². The van der Waals surface area contributed by atoms with Gasteiger partial charge in [0.15, 0.2) is 0 Å². The molecule has 0 aliphatic carbocycles. The first-order valence-corrected chi connectivity index (χ1v) is 7.56. The minimum atomic E-state index is 0.322. The van der Waals surface area contributed by atoms with Crippen molar-refractivity contribution in [1.29, 1.82) is 0 Å². The summed E-state index contributed by atoms with van der Waals surface area (Å²) in [5.41, 5.74) is 3.41. The van der Waals surface area contributed by atoms with E-state index >= 15 is 0 Å². The van der Waals surface area contributed by atoms with Crippen molar-refractivity contribution in [2.24, 2.45) is 5.41 Å². The van der Waals surface area contributed by atoms with Gasteiger partial charge in [-0.25, -0.2) is 4.98 Å². The largest absolute Gasteiger partial charge is 0.384 e. The zero-order chi connectivity index (χ0) is 12.7. The predicted molar refractivity (Wildman–Crippen MR) is 75.1 cm³/mol. The molecule has 1 aliphatic heterocycles. The maximum atomic E-state index is 5.41. The minimum Gasteiger partial charge on any atom is -0.384 e. The Bertz CT molecular complexity index is 317. The number of ether oxygens (including phenoxy) is 1. The van der Waals surface area contributed by atoms with Crippen LogP contribution in [0.1, 0.15) is 18.5 Å². The first-order chi connectivity index (χ1) is 8.85. The third-order valence-corrected chi connectivity index (χ3v) is 4.29. The Balaban J connectivity index is 1.72. The van der Waals surface area contributed by atoms with Crippen molar-refractivity contribution in [2.45, 2.75) is 19.3 Å². The van der Waals surface area contributed by atoms with Crippen molar-refractivity contribution >= 4 is 11.3 Å². The van der Waals surface area contributed by atoms with Gasteiger partial charge < -0.3 is 15.4 Å². The molecule has 0 bridgehead atoms. The number of aromatic nitrogens is 1. The van der Waals surface area contributed by atoms with Crippen LogP contribution in [0.5, 0.6) is 0 Å². The molecule has 0 saturated carbocycles. The van der Waals surface area contributed by atoms with Gasteiger partial charge >= 0.3 is 0 Å². The summed E-state index contributed by atoms with van der Waals surface area (Å²) in [6, 6.07) is 0. The molecule has 0 radical (unpaired) electrons. The SMILES string of the molecule is COCC1(CNCCc2cscn2)CCNCC1. The summed E-state index contributed by atoms with van der Waals surface area (Å²) in [6.07, 6.45) is 3.42. The Kier molecular flexibility index (Phi) is 5.56. The molecule has 5 heteroatoms. The molecule has 1 aromatic rings. The van der Waals surface area contributed by atoms with E-state index in [4.69, 9.17) is 4.74 Å². The highest BCUT2D eigenvalue weighted by Gasteiger charge is 2.31. The average Bonchev–Trinajstić information content (AvgIpc) is 2.89. The number of nitrogens with one attached hydrogen (secondary N) is 2. The topological polar surface area (TPSA) is 46.2 Å². The molecule has 0 spiro atoms. The third-order valence-electron chi connectivity index (χ3n) is 3.66. The summed E-state index contributed by atoms with van der Waals surface area (Å²) < 4.78 is 5.41. The fourth-order valence-electron chi connectivity index (χ4n) is 2.57. The van der Waals surface area contributed by atoms with E-state index in [1.54, 1.807) is 18.4 Å². The Morgan fingerprint density at radius 1 is 1.50 bits per heavy atom. The molecule has 1 saturated heterocycles. The number of hydrogen-bond donors (Lipinski definition) is 2. The first-order valence-electron chi connectivity index (χ1n) is 6.62. The summed E-state index contributed by atoms with van der Waals surface area (Å²) in [7, 11) is 1.80. The van der Waals surface area contributed by atoms with Crippen LogP contribution in [0.25, 0.3) is 0 Å². The fraction of sp³-hybridized carbons (Fsp3) is 0.769. The molecule has 2 N–H and O–H groups in total. The Hall–Kier alpha value is -0.490. The van der Waals surface area contributed by atoms with Crippen molar-refractivity contribution in [3.63, 3.8) is 0 Å². The zero-order valence-electron chi connectivity index (χ0n) is 11.1. The number of methoxy groups -OCH3 is 1. The van der Waals surface area contributed by atoms with Crippen molar-refractivity contribution in [3.05, 3.63) is 16.6 Å². The highest BCUT2D eigenvalue weighted by Crippen LogP contribution is 2.28. The summed E-state index contributed by atoms with van der Waals surface area (Å²) >= 11 is 1.67. The third kappa shape index (κ3) is 4.02. The molecule has 0 atom stereocenters. The van der Waals surface area contributed by atoms with E-state index in [9.17, 15) is 0 Å². The maximum Gasteiger partial charge on any atom is 0.0794 e. The van der Waals surface area contributed by atoms with Crippen molar-refractivity contribution < 1.29 is 4.74 Å². The van der Waals surface area contributed by atoms with Gasteiger partial charge in [0, 0.05) is 37.4 Å². The highest BCUT2D eigenvalue weighted by molar-refractivity contribution is 7.07. The molecule has 1 aromatic heterocycles. The van der Waals surface area contributed by atoms with E-state index in [0.29, 0.717) is 5.41 Å². The molecule has 18 heavy (non-hydrogen) atoms. The zero-order valence-corrected chi connectivity index (χ0v) is 11.9. The van der Waals surface area contributed by atoms with Gasteiger partial charge in [0.05, 0.1) is 17.8 Å². The predicted octanol–water partition coefficient (Wildman–Crippen LogP) is 1.29. The molecule has 0 amide bonds.